The maximum Gasteiger partial charge on any atom is 0.259 e. The fraction of sp³-hybridized carbons (Fsp3) is 0.293. The highest BCUT2D eigenvalue weighted by molar-refractivity contribution is 7.91. The van der Waals surface area contributed by atoms with Crippen LogP contribution < -0.4 is 24.8 Å². The Bertz CT molecular complexity index is 2310. The number of anilines is 1. The largest absolute Gasteiger partial charge is 0.497 e. The number of likely N-dealkylation sites (tertiary alicyclic amines) is 1. The van der Waals surface area contributed by atoms with Crippen molar-refractivity contribution in [3.8, 4) is 22.8 Å². The number of hydrogen-bond donors (Lipinski definition) is 3. The van der Waals surface area contributed by atoms with Gasteiger partial charge < -0.3 is 25.0 Å². The van der Waals surface area contributed by atoms with Crippen molar-refractivity contribution in [2.45, 2.75) is 55.0 Å². The third kappa shape index (κ3) is 7.81. The number of carbonyl (C=O) groups excluding carboxylic acids is 4. The number of nitrogens with one attached hydrogen (secondary N) is 3. The van der Waals surface area contributed by atoms with Crippen LogP contribution in [0.3, 0.4) is 0 Å². The lowest BCUT2D eigenvalue weighted by molar-refractivity contribution is -0.139. The number of pyridine rings is 1. The van der Waals surface area contributed by atoms with Crippen LogP contribution in [0.2, 0.25) is 0 Å². The van der Waals surface area contributed by atoms with Gasteiger partial charge in [-0.2, -0.15) is 0 Å². The molecule has 14 heteroatoms. The number of para-hydroxylation sites is 1. The molecule has 0 bridgehead atoms. The molecule has 1 saturated heterocycles. The molecule has 13 nitrogen and oxygen atoms in total. The van der Waals surface area contributed by atoms with Crippen molar-refractivity contribution < 1.29 is 37.1 Å². The SMILES string of the molecule is C=CC(=O)Nc1ccccc1CC(=O)N1C[C@H](Oc2cc(-c3ccccc3)nc3cc(OC)ccc23)C[C@H]1C(=O)N[C@]1(C(=O)NS(=O)(=O)C2CC2)C[C@H]1C=C. The monoisotopic (exact) mass is 763 g/mol. The molecule has 4 atom stereocenters. The Kier molecular flexibility index (Phi) is 10.2. The fourth-order valence-corrected chi connectivity index (χ4v) is 8.37. The standard InChI is InChI=1S/C41H41N5O8S/c1-4-27-23-41(27,40(50)45-55(51,52)30-16-17-30)44-39(49)35-21-29(24-46(35)38(48)19-26-13-9-10-14-32(26)43-37(47)5-2)54-36-22-33(25-11-7-6-8-12-25)42-34-20-28(53-3)15-18-31(34)36/h4-15,18,20,22,27,29-30,35H,1-2,16-17,19,21,23-24H2,3H3,(H,43,47)(H,44,49)(H,45,50)/t27-,29-,35+,41-/m1/s1. The van der Waals surface area contributed by atoms with Crippen LogP contribution in [0.1, 0.15) is 31.2 Å². The normalized spacial score (nSPS) is 21.6. The maximum atomic E-state index is 14.3. The van der Waals surface area contributed by atoms with Gasteiger partial charge in [0, 0.05) is 41.1 Å². The molecule has 1 aromatic heterocycles. The summed E-state index contributed by atoms with van der Waals surface area (Å²) in [6.07, 6.45) is 2.92. The van der Waals surface area contributed by atoms with Crippen LogP contribution >= 0.6 is 0 Å². The Balaban J connectivity index is 1.20. The number of methoxy groups -OCH3 is 1. The number of rotatable bonds is 14. The van der Waals surface area contributed by atoms with E-state index in [2.05, 4.69) is 28.5 Å². The van der Waals surface area contributed by atoms with Gasteiger partial charge in [0.1, 0.15) is 29.2 Å². The third-order valence-electron chi connectivity index (χ3n) is 10.3. The second kappa shape index (κ2) is 15.0. The molecule has 55 heavy (non-hydrogen) atoms. The first-order valence-corrected chi connectivity index (χ1v) is 19.5. The summed E-state index contributed by atoms with van der Waals surface area (Å²) < 4.78 is 39.7. The van der Waals surface area contributed by atoms with E-state index in [4.69, 9.17) is 14.5 Å². The summed E-state index contributed by atoms with van der Waals surface area (Å²) in [6.45, 7) is 7.29. The van der Waals surface area contributed by atoms with E-state index < -0.39 is 62.5 Å². The molecule has 4 amide bonds. The Morgan fingerprint density at radius 3 is 2.44 bits per heavy atom. The highest BCUT2D eigenvalue weighted by atomic mass is 32.2. The van der Waals surface area contributed by atoms with Crippen LogP contribution in [0, 0.1) is 5.92 Å². The van der Waals surface area contributed by atoms with Gasteiger partial charge >= 0.3 is 0 Å². The maximum absolute atomic E-state index is 14.3. The molecule has 4 aromatic rings. The summed E-state index contributed by atoms with van der Waals surface area (Å²) >= 11 is 0. The molecule has 3 aromatic carbocycles. The van der Waals surface area contributed by atoms with Gasteiger partial charge in [-0.05, 0) is 49.1 Å². The van der Waals surface area contributed by atoms with Crippen molar-refractivity contribution in [2.75, 3.05) is 19.0 Å². The quantitative estimate of drug-likeness (QED) is 0.125. The Labute approximate surface area is 318 Å². The van der Waals surface area contributed by atoms with Crippen LogP contribution in [0.5, 0.6) is 11.5 Å². The highest BCUT2D eigenvalue weighted by Gasteiger charge is 2.62. The Morgan fingerprint density at radius 2 is 1.75 bits per heavy atom. The summed E-state index contributed by atoms with van der Waals surface area (Å²) in [7, 11) is -2.33. The summed E-state index contributed by atoms with van der Waals surface area (Å²) in [5.41, 5.74) is 1.51. The second-order valence-corrected chi connectivity index (χ2v) is 16.0. The number of aromatic nitrogens is 1. The van der Waals surface area contributed by atoms with E-state index in [9.17, 15) is 27.6 Å². The first-order chi connectivity index (χ1) is 26.4. The van der Waals surface area contributed by atoms with Crippen LogP contribution in [0.25, 0.3) is 22.2 Å². The zero-order chi connectivity index (χ0) is 38.9. The van der Waals surface area contributed by atoms with Crippen LogP contribution in [0.4, 0.5) is 5.69 Å². The number of fused-ring (bicyclic) bond motifs is 1. The van der Waals surface area contributed by atoms with Crippen molar-refractivity contribution in [3.05, 3.63) is 110 Å². The molecule has 284 valence electrons. The minimum Gasteiger partial charge on any atom is -0.497 e. The highest BCUT2D eigenvalue weighted by Crippen LogP contribution is 2.45. The molecular weight excluding hydrogens is 723 g/mol. The molecule has 3 N–H and O–H groups in total. The molecule has 2 saturated carbocycles. The predicted octanol–water partition coefficient (Wildman–Crippen LogP) is 4.30. The van der Waals surface area contributed by atoms with Crippen molar-refractivity contribution in [2.24, 2.45) is 5.92 Å². The molecule has 3 fully saturated rings. The Morgan fingerprint density at radius 1 is 1.00 bits per heavy atom. The van der Waals surface area contributed by atoms with Crippen LogP contribution in [0.15, 0.2) is 104 Å². The predicted molar refractivity (Wildman–Crippen MR) is 206 cm³/mol. The number of benzene rings is 3. The van der Waals surface area contributed by atoms with Gasteiger partial charge in [-0.1, -0.05) is 61.2 Å². The van der Waals surface area contributed by atoms with Crippen molar-refractivity contribution in [1.82, 2.24) is 19.9 Å². The number of carbonyl (C=O) groups is 4. The smallest absolute Gasteiger partial charge is 0.259 e. The Hall–Kier alpha value is -6.02. The lowest BCUT2D eigenvalue weighted by Crippen LogP contribution is -2.56. The van der Waals surface area contributed by atoms with E-state index in [1.165, 1.54) is 11.0 Å². The van der Waals surface area contributed by atoms with Crippen LogP contribution in [-0.2, 0) is 35.6 Å². The van der Waals surface area contributed by atoms with E-state index in [1.807, 2.05) is 42.5 Å². The van der Waals surface area contributed by atoms with Gasteiger partial charge in [0.2, 0.25) is 27.7 Å². The number of ether oxygens (including phenoxy) is 2. The lowest BCUT2D eigenvalue weighted by Gasteiger charge is -2.27. The van der Waals surface area contributed by atoms with Gasteiger partial charge in [-0.25, -0.2) is 13.4 Å². The fourth-order valence-electron chi connectivity index (χ4n) is 7.01. The van der Waals surface area contributed by atoms with E-state index in [0.717, 1.165) is 11.6 Å². The average molecular weight is 764 g/mol. The zero-order valence-corrected chi connectivity index (χ0v) is 31.0. The van der Waals surface area contributed by atoms with E-state index >= 15 is 0 Å². The summed E-state index contributed by atoms with van der Waals surface area (Å²) in [6, 6.07) is 22.6. The van der Waals surface area contributed by atoms with Gasteiger partial charge in [-0.3, -0.25) is 23.9 Å². The molecule has 1 aliphatic heterocycles. The number of hydrogen-bond acceptors (Lipinski definition) is 9. The van der Waals surface area contributed by atoms with Gasteiger partial charge in [0.25, 0.3) is 5.91 Å². The van der Waals surface area contributed by atoms with Crippen molar-refractivity contribution in [3.63, 3.8) is 0 Å². The average Bonchev–Trinajstić information content (AvgIpc) is 4.12. The molecule has 3 aliphatic rings. The third-order valence-corrected chi connectivity index (χ3v) is 12.1. The number of sulfonamides is 1. The summed E-state index contributed by atoms with van der Waals surface area (Å²) in [5.74, 6) is -1.76. The second-order valence-electron chi connectivity index (χ2n) is 14.0. The molecule has 7 rings (SSSR count). The van der Waals surface area contributed by atoms with Crippen LogP contribution in [-0.4, -0.2) is 78.5 Å². The van der Waals surface area contributed by atoms with Gasteiger partial charge in [0.15, 0.2) is 0 Å². The van der Waals surface area contributed by atoms with Crippen molar-refractivity contribution >= 4 is 50.2 Å². The van der Waals surface area contributed by atoms with Gasteiger partial charge in [0.05, 0.1) is 36.5 Å². The first-order valence-electron chi connectivity index (χ1n) is 18.0. The molecule has 2 aliphatic carbocycles. The minimum absolute atomic E-state index is 0.0128. The molecule has 0 radical (unpaired) electrons. The van der Waals surface area contributed by atoms with E-state index in [1.54, 1.807) is 43.5 Å². The summed E-state index contributed by atoms with van der Waals surface area (Å²) in [5, 5.41) is 5.59. The van der Waals surface area contributed by atoms with E-state index in [-0.39, 0.29) is 25.8 Å². The molecule has 0 spiro atoms. The van der Waals surface area contributed by atoms with Gasteiger partial charge in [-0.15, -0.1) is 6.58 Å². The molecular formula is C41H41N5O8S. The summed E-state index contributed by atoms with van der Waals surface area (Å²) in [4.78, 5) is 60.5. The van der Waals surface area contributed by atoms with Crippen molar-refractivity contribution in [1.29, 1.82) is 0 Å². The number of amides is 4. The topological polar surface area (TPSA) is 173 Å². The van der Waals surface area contributed by atoms with E-state index in [0.29, 0.717) is 52.2 Å². The molecule has 2 heterocycles. The minimum atomic E-state index is -3.90. The lowest BCUT2D eigenvalue weighted by atomic mass is 10.1. The zero-order valence-electron chi connectivity index (χ0n) is 30.2. The first kappa shape index (κ1) is 37.3. The molecule has 0 unspecified atom stereocenters. The number of nitrogens with zero attached hydrogens (tertiary/aromatic N) is 2.